The fourth-order valence-electron chi connectivity index (χ4n) is 4.30. The predicted octanol–water partition coefficient (Wildman–Crippen LogP) is 4.70. The molecule has 5 rings (SSSR count). The minimum absolute atomic E-state index is 0.271. The molecule has 0 atom stereocenters. The van der Waals surface area contributed by atoms with Crippen molar-refractivity contribution in [3.8, 4) is 0 Å². The minimum atomic E-state index is -3.71. The van der Waals surface area contributed by atoms with Crippen LogP contribution in [0.2, 0.25) is 0 Å². The van der Waals surface area contributed by atoms with Gasteiger partial charge < -0.3 is 9.80 Å². The van der Waals surface area contributed by atoms with Crippen LogP contribution < -0.4 is 9.80 Å². The van der Waals surface area contributed by atoms with Crippen LogP contribution in [0.5, 0.6) is 0 Å². The maximum atomic E-state index is 13.7. The molecule has 0 spiro atoms. The first-order valence-electron chi connectivity index (χ1n) is 10.8. The van der Waals surface area contributed by atoms with Crippen LogP contribution in [0, 0.1) is 6.92 Å². The highest BCUT2D eigenvalue weighted by atomic mass is 32.2. The van der Waals surface area contributed by atoms with Crippen molar-refractivity contribution >= 4 is 32.1 Å². The topological polar surface area (TPSA) is 53.5 Å². The zero-order valence-corrected chi connectivity index (χ0v) is 18.8. The van der Waals surface area contributed by atoms with Crippen molar-refractivity contribution in [2.24, 2.45) is 0 Å². The van der Waals surface area contributed by atoms with Crippen LogP contribution in [-0.4, -0.2) is 39.6 Å². The van der Waals surface area contributed by atoms with Crippen molar-refractivity contribution < 1.29 is 8.42 Å². The lowest BCUT2D eigenvalue weighted by Gasteiger charge is -2.38. The van der Waals surface area contributed by atoms with E-state index in [0.717, 1.165) is 48.3 Å². The summed E-state index contributed by atoms with van der Waals surface area (Å²) in [5, 5.41) is 0.869. The van der Waals surface area contributed by atoms with E-state index in [9.17, 15) is 8.42 Å². The maximum absolute atomic E-state index is 13.7. The normalized spacial score (nSPS) is 14.7. The van der Waals surface area contributed by atoms with E-state index in [-0.39, 0.29) is 4.90 Å². The van der Waals surface area contributed by atoms with Crippen molar-refractivity contribution in [1.29, 1.82) is 0 Å². The van der Waals surface area contributed by atoms with Gasteiger partial charge in [0.1, 0.15) is 4.90 Å². The molecule has 1 aliphatic heterocycles. The van der Waals surface area contributed by atoms with Gasteiger partial charge >= 0.3 is 0 Å². The summed E-state index contributed by atoms with van der Waals surface area (Å²) in [4.78, 5) is 9.60. The summed E-state index contributed by atoms with van der Waals surface area (Å²) in [6, 6.07) is 25.1. The number of hydrogen-bond acceptors (Lipinski definition) is 5. The fourth-order valence-corrected chi connectivity index (χ4v) is 5.74. The summed E-state index contributed by atoms with van der Waals surface area (Å²) in [6.07, 6.45) is 1.52. The van der Waals surface area contributed by atoms with E-state index >= 15 is 0 Å². The smallest absolute Gasteiger partial charge is 0.210 e. The first-order chi connectivity index (χ1) is 15.5. The van der Waals surface area contributed by atoms with Crippen LogP contribution in [0.4, 0.5) is 11.4 Å². The van der Waals surface area contributed by atoms with Crippen LogP contribution in [-0.2, 0) is 9.84 Å². The van der Waals surface area contributed by atoms with Crippen LogP contribution >= 0.6 is 0 Å². The van der Waals surface area contributed by atoms with E-state index < -0.39 is 9.84 Å². The number of aromatic nitrogens is 1. The van der Waals surface area contributed by atoms with Crippen LogP contribution in [0.15, 0.2) is 94.9 Å². The lowest BCUT2D eigenvalue weighted by molar-refractivity contribution is 0.594. The van der Waals surface area contributed by atoms with Gasteiger partial charge in [0.25, 0.3) is 0 Å². The van der Waals surface area contributed by atoms with Crippen molar-refractivity contribution in [1.82, 2.24) is 4.98 Å². The maximum Gasteiger partial charge on any atom is 0.210 e. The van der Waals surface area contributed by atoms with Gasteiger partial charge in [-0.1, -0.05) is 54.1 Å². The van der Waals surface area contributed by atoms with E-state index in [4.69, 9.17) is 0 Å². The first-order valence-corrected chi connectivity index (χ1v) is 12.3. The zero-order valence-electron chi connectivity index (χ0n) is 18.0. The monoisotopic (exact) mass is 443 g/mol. The van der Waals surface area contributed by atoms with Gasteiger partial charge in [0.2, 0.25) is 9.84 Å². The zero-order chi connectivity index (χ0) is 22.1. The molecule has 5 nitrogen and oxygen atoms in total. The van der Waals surface area contributed by atoms with Gasteiger partial charge in [-0.05, 0) is 37.3 Å². The molecule has 4 aromatic rings. The third-order valence-corrected chi connectivity index (χ3v) is 7.82. The Balaban J connectivity index is 1.57. The van der Waals surface area contributed by atoms with Gasteiger partial charge in [0, 0.05) is 43.4 Å². The molecule has 162 valence electrons. The first kappa shape index (κ1) is 20.5. The number of sulfone groups is 1. The summed E-state index contributed by atoms with van der Waals surface area (Å²) in [5.41, 5.74) is 3.77. The molecule has 0 unspecified atom stereocenters. The van der Waals surface area contributed by atoms with E-state index in [0.29, 0.717) is 4.90 Å². The lowest BCUT2D eigenvalue weighted by Crippen LogP contribution is -2.47. The quantitative estimate of drug-likeness (QED) is 0.458. The highest BCUT2D eigenvalue weighted by Gasteiger charge is 2.28. The number of rotatable bonds is 4. The number of para-hydroxylation sites is 2. The molecule has 1 aromatic heterocycles. The number of piperazine rings is 1. The largest absolute Gasteiger partial charge is 0.368 e. The molecule has 0 saturated carbocycles. The molecule has 2 heterocycles. The van der Waals surface area contributed by atoms with Gasteiger partial charge in [0.15, 0.2) is 0 Å². The molecule has 3 aromatic carbocycles. The molecule has 0 aliphatic carbocycles. The average Bonchev–Trinajstić information content (AvgIpc) is 2.84. The average molecular weight is 444 g/mol. The molecular weight excluding hydrogens is 418 g/mol. The van der Waals surface area contributed by atoms with Crippen LogP contribution in [0.25, 0.3) is 10.9 Å². The SMILES string of the molecule is Cc1ccc(S(=O)(=O)c2cnc3ccccc3c2N2CCN(c3ccccc3)CC2)cc1. The Hall–Kier alpha value is -3.38. The molecule has 0 N–H and O–H groups in total. The lowest BCUT2D eigenvalue weighted by atomic mass is 10.1. The Morgan fingerprint density at radius 1 is 0.750 bits per heavy atom. The Morgan fingerprint density at radius 3 is 2.09 bits per heavy atom. The van der Waals surface area contributed by atoms with E-state index in [1.807, 2.05) is 61.5 Å². The molecule has 6 heteroatoms. The third kappa shape index (κ3) is 3.71. The molecular formula is C26H25N3O2S. The summed E-state index contributed by atoms with van der Waals surface area (Å²) >= 11 is 0. The standard InChI is InChI=1S/C26H25N3O2S/c1-20-11-13-22(14-12-20)32(30,31)25-19-27-24-10-6-5-9-23(24)26(25)29-17-15-28(16-18-29)21-7-3-2-4-8-21/h2-14,19H,15-18H2,1H3. The van der Waals surface area contributed by atoms with Crippen molar-refractivity contribution in [2.45, 2.75) is 16.7 Å². The Morgan fingerprint density at radius 2 is 1.38 bits per heavy atom. The molecule has 1 fully saturated rings. The molecule has 1 saturated heterocycles. The second-order valence-corrected chi connectivity index (χ2v) is 10.0. The predicted molar refractivity (Wildman–Crippen MR) is 129 cm³/mol. The van der Waals surface area contributed by atoms with Crippen molar-refractivity contribution in [3.05, 3.63) is 90.6 Å². The summed E-state index contributed by atoms with van der Waals surface area (Å²) in [6.45, 7) is 5.07. The highest BCUT2D eigenvalue weighted by Crippen LogP contribution is 2.36. The number of hydrogen-bond donors (Lipinski definition) is 0. The van der Waals surface area contributed by atoms with Gasteiger partial charge in [-0.15, -0.1) is 0 Å². The van der Waals surface area contributed by atoms with Crippen LogP contribution in [0.1, 0.15) is 5.56 Å². The van der Waals surface area contributed by atoms with Gasteiger partial charge in [-0.2, -0.15) is 0 Å². The Bertz CT molecular complexity index is 1350. The number of aryl methyl sites for hydroxylation is 1. The Labute approximate surface area is 188 Å². The molecule has 0 amide bonds. The van der Waals surface area contributed by atoms with Crippen LogP contribution in [0.3, 0.4) is 0 Å². The number of pyridine rings is 1. The second-order valence-electron chi connectivity index (χ2n) is 8.11. The molecule has 0 bridgehead atoms. The van der Waals surface area contributed by atoms with Gasteiger partial charge in [0.05, 0.1) is 16.1 Å². The Kier molecular flexibility index (Phi) is 5.31. The van der Waals surface area contributed by atoms with E-state index in [1.165, 1.54) is 11.9 Å². The molecule has 1 aliphatic rings. The summed E-state index contributed by atoms with van der Waals surface area (Å²) in [5.74, 6) is 0. The summed E-state index contributed by atoms with van der Waals surface area (Å²) in [7, 11) is -3.71. The van der Waals surface area contributed by atoms with Gasteiger partial charge in [-0.3, -0.25) is 4.98 Å². The van der Waals surface area contributed by atoms with Gasteiger partial charge in [-0.25, -0.2) is 8.42 Å². The third-order valence-electron chi connectivity index (χ3n) is 6.05. The number of anilines is 2. The van der Waals surface area contributed by atoms with Crippen molar-refractivity contribution in [3.63, 3.8) is 0 Å². The highest BCUT2D eigenvalue weighted by molar-refractivity contribution is 7.91. The summed E-state index contributed by atoms with van der Waals surface area (Å²) < 4.78 is 27.3. The molecule has 32 heavy (non-hydrogen) atoms. The second kappa shape index (κ2) is 8.28. The number of fused-ring (bicyclic) bond motifs is 1. The van der Waals surface area contributed by atoms with E-state index in [1.54, 1.807) is 12.1 Å². The fraction of sp³-hybridized carbons (Fsp3) is 0.192. The number of benzene rings is 3. The minimum Gasteiger partial charge on any atom is -0.368 e. The van der Waals surface area contributed by atoms with Crippen molar-refractivity contribution in [2.75, 3.05) is 36.0 Å². The molecule has 0 radical (unpaired) electrons. The van der Waals surface area contributed by atoms with E-state index in [2.05, 4.69) is 26.9 Å². The number of nitrogens with zero attached hydrogens (tertiary/aromatic N) is 3.